The van der Waals surface area contributed by atoms with E-state index in [0.717, 1.165) is 18.2 Å². The molecule has 4 rings (SSSR count). The highest BCUT2D eigenvalue weighted by Crippen LogP contribution is 2.46. The molecule has 2 aromatic heterocycles. The number of nitrogens with one attached hydrogen (secondary N) is 1. The van der Waals surface area contributed by atoms with Gasteiger partial charge in [-0.15, -0.1) is 0 Å². The molecule has 0 aliphatic heterocycles. The Morgan fingerprint density at radius 2 is 1.96 bits per heavy atom. The number of amides is 1. The molecule has 2 fully saturated rings. The predicted molar refractivity (Wildman–Crippen MR) is 97.6 cm³/mol. The van der Waals surface area contributed by atoms with Gasteiger partial charge in [0.2, 0.25) is 0 Å². The van der Waals surface area contributed by atoms with Crippen molar-refractivity contribution in [1.29, 1.82) is 0 Å². The van der Waals surface area contributed by atoms with Gasteiger partial charge in [0.05, 0.1) is 5.56 Å². The van der Waals surface area contributed by atoms with Crippen LogP contribution in [0.5, 0.6) is 0 Å². The first-order valence-electron chi connectivity index (χ1n) is 9.63. The van der Waals surface area contributed by atoms with Crippen LogP contribution in [-0.4, -0.2) is 25.8 Å². The number of carbonyl (C=O) groups excluding carboxylic acids is 1. The van der Waals surface area contributed by atoms with E-state index in [2.05, 4.69) is 22.2 Å². The molecule has 2 saturated carbocycles. The second-order valence-corrected chi connectivity index (χ2v) is 8.16. The molecule has 2 aliphatic carbocycles. The molecule has 0 radical (unpaired) electrons. The van der Waals surface area contributed by atoms with E-state index >= 15 is 0 Å². The van der Waals surface area contributed by atoms with E-state index in [-0.39, 0.29) is 11.4 Å². The Kier molecular flexibility index (Phi) is 4.05. The molecule has 2 heterocycles. The van der Waals surface area contributed by atoms with Gasteiger partial charge in [0, 0.05) is 11.7 Å². The van der Waals surface area contributed by atoms with Crippen molar-refractivity contribution in [3.05, 3.63) is 29.5 Å². The van der Waals surface area contributed by atoms with Crippen molar-refractivity contribution in [2.24, 2.45) is 11.8 Å². The van der Waals surface area contributed by atoms with Crippen LogP contribution in [0.3, 0.4) is 0 Å². The van der Waals surface area contributed by atoms with Crippen molar-refractivity contribution in [3.63, 3.8) is 0 Å². The van der Waals surface area contributed by atoms with Crippen LogP contribution < -0.4 is 5.32 Å². The van der Waals surface area contributed by atoms with Crippen LogP contribution in [-0.2, 0) is 0 Å². The average Bonchev–Trinajstić information content (AvgIpc) is 2.99. The fraction of sp³-hybridized carbons (Fsp3) is 0.650. The van der Waals surface area contributed by atoms with E-state index in [1.807, 2.05) is 30.5 Å². The summed E-state index contributed by atoms with van der Waals surface area (Å²) in [6.45, 7) is 6.08. The van der Waals surface area contributed by atoms with E-state index in [1.165, 1.54) is 38.5 Å². The number of carbonyl (C=O) groups is 1. The van der Waals surface area contributed by atoms with Crippen molar-refractivity contribution in [2.75, 3.05) is 0 Å². The van der Waals surface area contributed by atoms with Crippen LogP contribution >= 0.6 is 0 Å². The molecule has 5 heteroatoms. The Hall–Kier alpha value is -1.91. The van der Waals surface area contributed by atoms with Crippen LogP contribution in [0.1, 0.15) is 73.9 Å². The minimum atomic E-state index is -0.0915. The third-order valence-corrected chi connectivity index (χ3v) is 6.44. The summed E-state index contributed by atoms with van der Waals surface area (Å²) in [6, 6.07) is 1.87. The molecule has 134 valence electrons. The Morgan fingerprint density at radius 1 is 1.20 bits per heavy atom. The largest absolute Gasteiger partial charge is 0.346 e. The maximum atomic E-state index is 13.1. The highest BCUT2D eigenvalue weighted by molar-refractivity contribution is 6.00. The lowest BCUT2D eigenvalue weighted by Crippen LogP contribution is -2.56. The average molecular weight is 340 g/mol. The minimum Gasteiger partial charge on any atom is -0.346 e. The Labute approximate surface area is 149 Å². The quantitative estimate of drug-likeness (QED) is 0.904. The van der Waals surface area contributed by atoms with E-state index < -0.39 is 0 Å². The molecule has 3 atom stereocenters. The Morgan fingerprint density at radius 3 is 2.80 bits per heavy atom. The third-order valence-electron chi connectivity index (χ3n) is 6.44. The van der Waals surface area contributed by atoms with Crippen molar-refractivity contribution >= 4 is 11.6 Å². The highest BCUT2D eigenvalue weighted by atomic mass is 16.1. The van der Waals surface area contributed by atoms with E-state index in [9.17, 15) is 4.79 Å². The topological polar surface area (TPSA) is 59.3 Å². The second-order valence-electron chi connectivity index (χ2n) is 8.16. The van der Waals surface area contributed by atoms with Crippen LogP contribution in [0.2, 0.25) is 0 Å². The van der Waals surface area contributed by atoms with Crippen LogP contribution in [0.15, 0.2) is 12.3 Å². The fourth-order valence-electron chi connectivity index (χ4n) is 5.23. The SMILES string of the molecule is Cc1nc(C)n2ccc(C(=O)NC3(C)CCCC4CCCCC43)c2n1. The highest BCUT2D eigenvalue weighted by Gasteiger charge is 2.44. The zero-order valence-electron chi connectivity index (χ0n) is 15.5. The van der Waals surface area contributed by atoms with Gasteiger partial charge in [-0.3, -0.25) is 9.20 Å². The summed E-state index contributed by atoms with van der Waals surface area (Å²) in [5.74, 6) is 2.97. The van der Waals surface area contributed by atoms with Gasteiger partial charge in [-0.25, -0.2) is 9.97 Å². The first-order chi connectivity index (χ1) is 12.0. The minimum absolute atomic E-state index is 0.00808. The maximum absolute atomic E-state index is 13.1. The van der Waals surface area contributed by atoms with Gasteiger partial charge < -0.3 is 5.32 Å². The molecule has 25 heavy (non-hydrogen) atoms. The van der Waals surface area contributed by atoms with Gasteiger partial charge in [0.1, 0.15) is 11.6 Å². The monoisotopic (exact) mass is 340 g/mol. The molecule has 1 N–H and O–H groups in total. The van der Waals surface area contributed by atoms with Gasteiger partial charge in [-0.05, 0) is 51.5 Å². The molecule has 0 bridgehead atoms. The summed E-state index contributed by atoms with van der Waals surface area (Å²) >= 11 is 0. The molecule has 3 unspecified atom stereocenters. The lowest BCUT2D eigenvalue weighted by atomic mass is 9.62. The summed E-state index contributed by atoms with van der Waals surface area (Å²) in [5, 5.41) is 3.42. The summed E-state index contributed by atoms with van der Waals surface area (Å²) in [7, 11) is 0. The second kappa shape index (κ2) is 6.11. The molecular formula is C20H28N4O. The number of aryl methyl sites for hydroxylation is 2. The number of nitrogens with zero attached hydrogens (tertiary/aromatic N) is 3. The smallest absolute Gasteiger partial charge is 0.255 e. The van der Waals surface area contributed by atoms with Gasteiger partial charge >= 0.3 is 0 Å². The fourth-order valence-corrected chi connectivity index (χ4v) is 5.23. The van der Waals surface area contributed by atoms with Crippen molar-refractivity contribution in [1.82, 2.24) is 19.7 Å². The van der Waals surface area contributed by atoms with Crippen molar-refractivity contribution in [3.8, 4) is 0 Å². The number of hydrogen-bond donors (Lipinski definition) is 1. The Bertz CT molecular complexity index is 809. The summed E-state index contributed by atoms with van der Waals surface area (Å²) < 4.78 is 1.90. The molecular weight excluding hydrogens is 312 g/mol. The van der Waals surface area contributed by atoms with E-state index in [0.29, 0.717) is 23.0 Å². The van der Waals surface area contributed by atoms with Gasteiger partial charge in [0.25, 0.3) is 5.91 Å². The molecule has 2 aliphatic rings. The number of fused-ring (bicyclic) bond motifs is 2. The lowest BCUT2D eigenvalue weighted by Gasteiger charge is -2.49. The number of aromatic nitrogens is 3. The van der Waals surface area contributed by atoms with Gasteiger partial charge in [-0.1, -0.05) is 32.1 Å². The van der Waals surface area contributed by atoms with Crippen molar-refractivity contribution < 1.29 is 4.79 Å². The number of rotatable bonds is 2. The standard InChI is InChI=1S/C20H28N4O/c1-13-21-14(2)24-12-10-16(18(24)22-13)19(25)23-20(3)11-6-8-15-7-4-5-9-17(15)20/h10,12,15,17H,4-9,11H2,1-3H3,(H,23,25). The normalized spacial score (nSPS) is 29.4. The van der Waals surface area contributed by atoms with Gasteiger partial charge in [0.15, 0.2) is 5.65 Å². The van der Waals surface area contributed by atoms with Crippen LogP contribution in [0.4, 0.5) is 0 Å². The molecule has 0 saturated heterocycles. The molecule has 2 aromatic rings. The van der Waals surface area contributed by atoms with Crippen LogP contribution in [0, 0.1) is 25.7 Å². The van der Waals surface area contributed by atoms with Crippen molar-refractivity contribution in [2.45, 2.75) is 71.3 Å². The summed E-state index contributed by atoms with van der Waals surface area (Å²) in [4.78, 5) is 22.0. The Balaban J connectivity index is 1.63. The predicted octanol–water partition coefficient (Wildman–Crippen LogP) is 3.82. The molecule has 5 nitrogen and oxygen atoms in total. The lowest BCUT2D eigenvalue weighted by molar-refractivity contribution is 0.0519. The zero-order chi connectivity index (χ0) is 17.6. The van der Waals surface area contributed by atoms with Crippen LogP contribution in [0.25, 0.3) is 5.65 Å². The summed E-state index contributed by atoms with van der Waals surface area (Å²) in [5.41, 5.74) is 1.28. The number of hydrogen-bond acceptors (Lipinski definition) is 3. The molecule has 0 spiro atoms. The summed E-state index contributed by atoms with van der Waals surface area (Å²) in [6.07, 6.45) is 10.8. The maximum Gasteiger partial charge on any atom is 0.255 e. The molecule has 1 amide bonds. The molecule has 0 aromatic carbocycles. The zero-order valence-corrected chi connectivity index (χ0v) is 15.5. The van der Waals surface area contributed by atoms with E-state index in [4.69, 9.17) is 0 Å². The first-order valence-corrected chi connectivity index (χ1v) is 9.63. The third kappa shape index (κ3) is 2.83. The first kappa shape index (κ1) is 16.6. The van der Waals surface area contributed by atoms with Gasteiger partial charge in [-0.2, -0.15) is 0 Å². The van der Waals surface area contributed by atoms with E-state index in [1.54, 1.807) is 0 Å².